The third-order valence-electron chi connectivity index (χ3n) is 3.40. The van der Waals surface area contributed by atoms with E-state index in [0.717, 1.165) is 0 Å². The van der Waals surface area contributed by atoms with E-state index in [0.29, 0.717) is 10.6 Å². The second-order valence-electron chi connectivity index (χ2n) is 5.12. The van der Waals surface area contributed by atoms with Crippen LogP contribution in [0.3, 0.4) is 0 Å². The predicted octanol–water partition coefficient (Wildman–Crippen LogP) is 3.50. The molecule has 0 aliphatic rings. The normalized spacial score (nSPS) is 12.2. The number of nitro groups is 1. The summed E-state index contributed by atoms with van der Waals surface area (Å²) in [6.45, 7) is 0.214. The summed E-state index contributed by atoms with van der Waals surface area (Å²) in [5.41, 5.74) is 0.204. The fourth-order valence-electron chi connectivity index (χ4n) is 2.25. The van der Waals surface area contributed by atoms with Crippen LogP contribution < -0.4 is 5.32 Å². The summed E-state index contributed by atoms with van der Waals surface area (Å²) in [6, 6.07) is 6.91. The maximum absolute atomic E-state index is 14.1. The lowest BCUT2D eigenvalue weighted by molar-refractivity contribution is -0.384. The number of rotatable bonds is 6. The average Bonchev–Trinajstić information content (AvgIpc) is 2.50. The summed E-state index contributed by atoms with van der Waals surface area (Å²) >= 11 is 6.11. The molecule has 0 radical (unpaired) electrons. The minimum atomic E-state index is -0.518. The molecule has 122 valence electrons. The molecule has 1 heterocycles. The monoisotopic (exact) mass is 338 g/mol. The van der Waals surface area contributed by atoms with Crippen LogP contribution in [0.2, 0.25) is 5.02 Å². The number of likely N-dealkylation sites (N-methyl/N-ethyl adjacent to an activating group) is 1. The molecule has 23 heavy (non-hydrogen) atoms. The number of hydrogen-bond donors (Lipinski definition) is 1. The van der Waals surface area contributed by atoms with Crippen molar-refractivity contribution < 1.29 is 9.31 Å². The largest absolute Gasteiger partial charge is 0.362 e. The quantitative estimate of drug-likeness (QED) is 0.644. The SMILES string of the molecule is CN(C)[C@H](CNc1ncccc1[N+](=O)[O-])c1c(F)cccc1Cl. The molecule has 1 aromatic carbocycles. The van der Waals surface area contributed by atoms with E-state index < -0.39 is 16.8 Å². The van der Waals surface area contributed by atoms with Crippen LogP contribution in [0.15, 0.2) is 36.5 Å². The summed E-state index contributed by atoms with van der Waals surface area (Å²) in [5.74, 6) is -0.287. The Bertz CT molecular complexity index is 691. The van der Waals surface area contributed by atoms with Crippen molar-refractivity contribution in [1.29, 1.82) is 0 Å². The molecule has 0 aliphatic carbocycles. The lowest BCUT2D eigenvalue weighted by atomic mass is 10.0. The molecule has 2 rings (SSSR count). The molecular formula is C15H16ClFN4O2. The van der Waals surface area contributed by atoms with E-state index in [4.69, 9.17) is 11.6 Å². The third kappa shape index (κ3) is 3.94. The van der Waals surface area contributed by atoms with Crippen molar-refractivity contribution in [3.8, 4) is 0 Å². The number of hydrogen-bond acceptors (Lipinski definition) is 5. The summed E-state index contributed by atoms with van der Waals surface area (Å²) < 4.78 is 14.1. The van der Waals surface area contributed by atoms with Crippen molar-refractivity contribution in [3.05, 3.63) is 63.0 Å². The smallest absolute Gasteiger partial charge is 0.311 e. The van der Waals surface area contributed by atoms with Crippen LogP contribution in [0.25, 0.3) is 0 Å². The summed E-state index contributed by atoms with van der Waals surface area (Å²) in [4.78, 5) is 16.3. The van der Waals surface area contributed by atoms with Crippen LogP contribution in [0, 0.1) is 15.9 Å². The Morgan fingerprint density at radius 3 is 2.74 bits per heavy atom. The molecule has 0 amide bonds. The summed E-state index contributed by atoms with van der Waals surface area (Å²) in [6.07, 6.45) is 1.45. The lowest BCUT2D eigenvalue weighted by Crippen LogP contribution is -2.28. The van der Waals surface area contributed by atoms with Crippen LogP contribution in [-0.4, -0.2) is 35.4 Å². The maximum atomic E-state index is 14.1. The first-order valence-electron chi connectivity index (χ1n) is 6.85. The molecule has 0 saturated heterocycles. The standard InChI is InChI=1S/C15H16ClFN4O2/c1-20(2)13(14-10(16)5-3-6-11(14)17)9-19-15-12(21(22)23)7-4-8-18-15/h3-8,13H,9H2,1-2H3,(H,18,19)/t13-/m1/s1. The topological polar surface area (TPSA) is 71.3 Å². The molecule has 6 nitrogen and oxygen atoms in total. The van der Waals surface area contributed by atoms with Crippen LogP contribution in [0.1, 0.15) is 11.6 Å². The van der Waals surface area contributed by atoms with Crippen molar-refractivity contribution in [3.63, 3.8) is 0 Å². The van der Waals surface area contributed by atoms with Gasteiger partial charge in [0, 0.05) is 29.4 Å². The van der Waals surface area contributed by atoms with Gasteiger partial charge in [0.15, 0.2) is 0 Å². The van der Waals surface area contributed by atoms with Crippen molar-refractivity contribution in [2.75, 3.05) is 26.0 Å². The molecule has 0 fully saturated rings. The van der Waals surface area contributed by atoms with E-state index in [1.165, 1.54) is 30.5 Å². The van der Waals surface area contributed by atoms with Crippen molar-refractivity contribution in [1.82, 2.24) is 9.88 Å². The number of nitrogens with one attached hydrogen (secondary N) is 1. The highest BCUT2D eigenvalue weighted by Crippen LogP contribution is 2.30. The number of anilines is 1. The predicted molar refractivity (Wildman–Crippen MR) is 87.2 cm³/mol. The Kier molecular flexibility index (Phi) is 5.46. The zero-order valence-electron chi connectivity index (χ0n) is 12.7. The Balaban J connectivity index is 2.27. The minimum absolute atomic E-state index is 0.135. The molecule has 1 aromatic heterocycles. The second kappa shape index (κ2) is 7.34. The fraction of sp³-hybridized carbons (Fsp3) is 0.267. The first-order valence-corrected chi connectivity index (χ1v) is 7.23. The molecule has 0 aliphatic heterocycles. The molecule has 1 atom stereocenters. The molecule has 0 spiro atoms. The van der Waals surface area contributed by atoms with Crippen LogP contribution in [0.4, 0.5) is 15.9 Å². The fourth-order valence-corrected chi connectivity index (χ4v) is 2.53. The van der Waals surface area contributed by atoms with Crippen molar-refractivity contribution in [2.45, 2.75) is 6.04 Å². The molecule has 1 N–H and O–H groups in total. The highest BCUT2D eigenvalue weighted by Gasteiger charge is 2.22. The van der Waals surface area contributed by atoms with Gasteiger partial charge in [-0.25, -0.2) is 9.37 Å². The number of halogens is 2. The van der Waals surface area contributed by atoms with Gasteiger partial charge >= 0.3 is 5.69 Å². The van der Waals surface area contributed by atoms with Crippen molar-refractivity contribution in [2.24, 2.45) is 0 Å². The lowest BCUT2D eigenvalue weighted by Gasteiger charge is -2.26. The van der Waals surface area contributed by atoms with Gasteiger partial charge in [0.2, 0.25) is 5.82 Å². The molecule has 0 saturated carbocycles. The number of pyridine rings is 1. The molecule has 0 bridgehead atoms. The summed E-state index contributed by atoms with van der Waals surface area (Å²) in [7, 11) is 3.56. The maximum Gasteiger partial charge on any atom is 0.311 e. The van der Waals surface area contributed by atoms with Gasteiger partial charge in [-0.1, -0.05) is 17.7 Å². The van der Waals surface area contributed by atoms with Crippen molar-refractivity contribution >= 4 is 23.1 Å². The Morgan fingerprint density at radius 1 is 1.39 bits per heavy atom. The van der Waals surface area contributed by atoms with Gasteiger partial charge in [-0.2, -0.15) is 0 Å². The molecular weight excluding hydrogens is 323 g/mol. The van der Waals surface area contributed by atoms with E-state index >= 15 is 0 Å². The van der Waals surface area contributed by atoms with Gasteiger partial charge in [0.25, 0.3) is 0 Å². The molecule has 2 aromatic rings. The first kappa shape index (κ1) is 17.1. The van der Waals surface area contributed by atoms with Gasteiger partial charge in [-0.3, -0.25) is 10.1 Å². The number of benzene rings is 1. The minimum Gasteiger partial charge on any atom is -0.362 e. The van der Waals surface area contributed by atoms with E-state index in [1.807, 2.05) is 0 Å². The molecule has 0 unspecified atom stereocenters. The average molecular weight is 339 g/mol. The Labute approximate surface area is 138 Å². The number of aromatic nitrogens is 1. The van der Waals surface area contributed by atoms with E-state index in [-0.39, 0.29) is 18.1 Å². The Hall–Kier alpha value is -2.25. The highest BCUT2D eigenvalue weighted by atomic mass is 35.5. The number of nitrogens with zero attached hydrogens (tertiary/aromatic N) is 3. The van der Waals surface area contributed by atoms with Gasteiger partial charge in [-0.05, 0) is 32.3 Å². The zero-order chi connectivity index (χ0) is 17.0. The van der Waals surface area contributed by atoms with Crippen LogP contribution in [0.5, 0.6) is 0 Å². The van der Waals surface area contributed by atoms with Gasteiger partial charge in [-0.15, -0.1) is 0 Å². The molecule has 8 heteroatoms. The summed E-state index contributed by atoms with van der Waals surface area (Å²) in [5, 5.41) is 14.2. The second-order valence-corrected chi connectivity index (χ2v) is 5.53. The van der Waals surface area contributed by atoms with Gasteiger partial charge < -0.3 is 10.2 Å². The third-order valence-corrected chi connectivity index (χ3v) is 3.73. The van der Waals surface area contributed by atoms with E-state index in [9.17, 15) is 14.5 Å². The van der Waals surface area contributed by atoms with Crippen LogP contribution >= 0.6 is 11.6 Å². The van der Waals surface area contributed by atoms with Crippen LogP contribution in [-0.2, 0) is 0 Å². The zero-order valence-corrected chi connectivity index (χ0v) is 13.4. The first-order chi connectivity index (χ1) is 10.9. The van der Waals surface area contributed by atoms with E-state index in [1.54, 1.807) is 25.1 Å². The van der Waals surface area contributed by atoms with Gasteiger partial charge in [0.1, 0.15) is 5.82 Å². The highest BCUT2D eigenvalue weighted by molar-refractivity contribution is 6.31. The Morgan fingerprint density at radius 2 is 2.13 bits per heavy atom. The van der Waals surface area contributed by atoms with E-state index in [2.05, 4.69) is 10.3 Å². The van der Waals surface area contributed by atoms with Gasteiger partial charge in [0.05, 0.1) is 11.0 Å².